The number of carbonyl (C=O) groups is 2. The summed E-state index contributed by atoms with van der Waals surface area (Å²) in [6.45, 7) is 1.94. The Balaban J connectivity index is 1.91. The van der Waals surface area contributed by atoms with Crippen molar-refractivity contribution in [2.24, 2.45) is 0 Å². The van der Waals surface area contributed by atoms with Gasteiger partial charge in [-0.15, -0.1) is 0 Å². The van der Waals surface area contributed by atoms with Gasteiger partial charge in [-0.25, -0.2) is 4.79 Å². The zero-order chi connectivity index (χ0) is 16.8. The Morgan fingerprint density at radius 2 is 1.83 bits per heavy atom. The van der Waals surface area contributed by atoms with Crippen molar-refractivity contribution in [3.05, 3.63) is 58.6 Å². The van der Waals surface area contributed by atoms with E-state index in [1.807, 2.05) is 6.92 Å². The molecule has 0 unspecified atom stereocenters. The van der Waals surface area contributed by atoms with Gasteiger partial charge < -0.3 is 15.4 Å². The summed E-state index contributed by atoms with van der Waals surface area (Å²) in [5.74, 6) is -0.585. The molecule has 120 valence electrons. The lowest BCUT2D eigenvalue weighted by molar-refractivity contribution is -0.114. The van der Waals surface area contributed by atoms with Gasteiger partial charge in [-0.1, -0.05) is 17.7 Å². The molecule has 0 aliphatic carbocycles. The number of hydrogen-bond acceptors (Lipinski definition) is 4. The summed E-state index contributed by atoms with van der Waals surface area (Å²) in [5, 5.41) is 6.39. The van der Waals surface area contributed by atoms with Crippen LogP contribution < -0.4 is 10.6 Å². The molecule has 0 bridgehead atoms. The molecule has 0 aliphatic rings. The van der Waals surface area contributed by atoms with E-state index >= 15 is 0 Å². The largest absolute Gasteiger partial charge is 0.465 e. The van der Waals surface area contributed by atoms with Crippen molar-refractivity contribution in [1.82, 2.24) is 0 Å². The Morgan fingerprint density at radius 1 is 1.13 bits per heavy atom. The first-order valence-electron chi connectivity index (χ1n) is 6.98. The number of methoxy groups -OCH3 is 1. The Kier molecular flexibility index (Phi) is 5.60. The lowest BCUT2D eigenvalue weighted by Crippen LogP contribution is -2.22. The number of rotatable bonds is 5. The van der Waals surface area contributed by atoms with Gasteiger partial charge in [0.05, 0.1) is 19.2 Å². The van der Waals surface area contributed by atoms with Crippen molar-refractivity contribution in [3.8, 4) is 0 Å². The second-order valence-corrected chi connectivity index (χ2v) is 5.29. The van der Waals surface area contributed by atoms with Gasteiger partial charge in [-0.2, -0.15) is 0 Å². The average molecular weight is 333 g/mol. The van der Waals surface area contributed by atoms with E-state index < -0.39 is 5.97 Å². The fraction of sp³-hybridized carbons (Fsp3) is 0.176. The van der Waals surface area contributed by atoms with E-state index in [0.29, 0.717) is 16.3 Å². The Hall–Kier alpha value is -2.53. The molecule has 23 heavy (non-hydrogen) atoms. The molecule has 2 aromatic rings. The monoisotopic (exact) mass is 332 g/mol. The number of amides is 1. The minimum absolute atomic E-state index is 0.101. The average Bonchev–Trinajstić information content (AvgIpc) is 2.57. The highest BCUT2D eigenvalue weighted by molar-refractivity contribution is 6.31. The van der Waals surface area contributed by atoms with E-state index in [1.165, 1.54) is 7.11 Å². The van der Waals surface area contributed by atoms with Crippen LogP contribution in [0.3, 0.4) is 0 Å². The van der Waals surface area contributed by atoms with Crippen LogP contribution in [0.2, 0.25) is 5.02 Å². The number of ether oxygens (including phenoxy) is 1. The lowest BCUT2D eigenvalue weighted by Gasteiger charge is -2.11. The third-order valence-electron chi connectivity index (χ3n) is 3.30. The summed E-state index contributed by atoms with van der Waals surface area (Å²) in [7, 11) is 1.33. The summed E-state index contributed by atoms with van der Waals surface area (Å²) < 4.78 is 4.63. The van der Waals surface area contributed by atoms with Gasteiger partial charge in [-0.3, -0.25) is 4.79 Å². The van der Waals surface area contributed by atoms with Crippen LogP contribution in [0.15, 0.2) is 42.5 Å². The second kappa shape index (κ2) is 7.65. The van der Waals surface area contributed by atoms with Crippen LogP contribution in [0.25, 0.3) is 0 Å². The molecular formula is C17H17ClN2O3. The van der Waals surface area contributed by atoms with Crippen LogP contribution in [0.5, 0.6) is 0 Å². The zero-order valence-corrected chi connectivity index (χ0v) is 13.6. The first kappa shape index (κ1) is 16.8. The molecule has 0 saturated carbocycles. The molecule has 2 rings (SSSR count). The minimum Gasteiger partial charge on any atom is -0.465 e. The van der Waals surface area contributed by atoms with Crippen LogP contribution >= 0.6 is 11.6 Å². The maximum Gasteiger partial charge on any atom is 0.337 e. The number of benzene rings is 2. The van der Waals surface area contributed by atoms with E-state index in [1.54, 1.807) is 42.5 Å². The predicted molar refractivity (Wildman–Crippen MR) is 91.1 cm³/mol. The number of anilines is 2. The van der Waals surface area contributed by atoms with E-state index in [9.17, 15) is 9.59 Å². The Morgan fingerprint density at radius 3 is 2.48 bits per heavy atom. The molecule has 6 heteroatoms. The Bertz CT molecular complexity index is 714. The van der Waals surface area contributed by atoms with Crippen molar-refractivity contribution in [2.75, 3.05) is 24.3 Å². The van der Waals surface area contributed by atoms with Crippen molar-refractivity contribution in [2.45, 2.75) is 6.92 Å². The van der Waals surface area contributed by atoms with Crippen LogP contribution in [-0.2, 0) is 9.53 Å². The number of nitrogens with one attached hydrogen (secondary N) is 2. The molecule has 5 nitrogen and oxygen atoms in total. The van der Waals surface area contributed by atoms with E-state index in [0.717, 1.165) is 11.3 Å². The van der Waals surface area contributed by atoms with E-state index in [4.69, 9.17) is 11.6 Å². The van der Waals surface area contributed by atoms with E-state index in [2.05, 4.69) is 15.4 Å². The molecule has 0 atom stereocenters. The fourth-order valence-electron chi connectivity index (χ4n) is 1.96. The summed E-state index contributed by atoms with van der Waals surface area (Å²) in [4.78, 5) is 23.3. The zero-order valence-electron chi connectivity index (χ0n) is 12.9. The highest BCUT2D eigenvalue weighted by Crippen LogP contribution is 2.22. The topological polar surface area (TPSA) is 67.4 Å². The van der Waals surface area contributed by atoms with Crippen molar-refractivity contribution >= 4 is 34.9 Å². The lowest BCUT2D eigenvalue weighted by atomic mass is 10.2. The van der Waals surface area contributed by atoms with Crippen molar-refractivity contribution in [1.29, 1.82) is 0 Å². The third-order valence-corrected chi connectivity index (χ3v) is 3.71. The van der Waals surface area contributed by atoms with Crippen LogP contribution in [0.1, 0.15) is 15.9 Å². The van der Waals surface area contributed by atoms with Gasteiger partial charge in [0.1, 0.15) is 0 Å². The quantitative estimate of drug-likeness (QED) is 0.822. The molecule has 2 N–H and O–H groups in total. The molecule has 1 amide bonds. The predicted octanol–water partition coefficient (Wildman–Crippen LogP) is 3.49. The molecule has 2 aromatic carbocycles. The first-order valence-corrected chi connectivity index (χ1v) is 7.36. The Labute approximate surface area is 139 Å². The number of carbonyl (C=O) groups excluding carboxylic acids is 2. The highest BCUT2D eigenvalue weighted by Gasteiger charge is 2.07. The summed E-state index contributed by atoms with van der Waals surface area (Å²) >= 11 is 6.02. The second-order valence-electron chi connectivity index (χ2n) is 4.88. The molecule has 0 fully saturated rings. The summed E-state index contributed by atoms with van der Waals surface area (Å²) in [6, 6.07) is 12.0. The number of halogens is 1. The van der Waals surface area contributed by atoms with Crippen LogP contribution in [0, 0.1) is 6.92 Å². The molecule has 0 spiro atoms. The van der Waals surface area contributed by atoms with Crippen molar-refractivity contribution < 1.29 is 14.3 Å². The first-order chi connectivity index (χ1) is 11.0. The maximum absolute atomic E-state index is 12.0. The van der Waals surface area contributed by atoms with E-state index in [-0.39, 0.29) is 12.5 Å². The van der Waals surface area contributed by atoms with Gasteiger partial charge in [-0.05, 0) is 48.9 Å². The summed E-state index contributed by atoms with van der Waals surface area (Å²) in [6.07, 6.45) is 0. The molecule has 0 heterocycles. The SMILES string of the molecule is COC(=O)c1ccc(NCC(=O)Nc2cccc(Cl)c2C)cc1. The van der Waals surface area contributed by atoms with Gasteiger partial charge in [0.2, 0.25) is 5.91 Å². The molecule has 0 aliphatic heterocycles. The van der Waals surface area contributed by atoms with Gasteiger partial charge >= 0.3 is 5.97 Å². The highest BCUT2D eigenvalue weighted by atomic mass is 35.5. The normalized spacial score (nSPS) is 10.0. The minimum atomic E-state index is -0.397. The van der Waals surface area contributed by atoms with Gasteiger partial charge in [0.15, 0.2) is 0 Å². The van der Waals surface area contributed by atoms with Gasteiger partial charge in [0, 0.05) is 16.4 Å². The molecule has 0 radical (unpaired) electrons. The fourth-order valence-corrected chi connectivity index (χ4v) is 2.14. The molecule has 0 saturated heterocycles. The van der Waals surface area contributed by atoms with Crippen molar-refractivity contribution in [3.63, 3.8) is 0 Å². The van der Waals surface area contributed by atoms with Gasteiger partial charge in [0.25, 0.3) is 0 Å². The maximum atomic E-state index is 12.0. The van der Waals surface area contributed by atoms with Crippen LogP contribution in [-0.4, -0.2) is 25.5 Å². The third kappa shape index (κ3) is 4.47. The summed E-state index contributed by atoms with van der Waals surface area (Å²) in [5.41, 5.74) is 2.70. The van der Waals surface area contributed by atoms with Crippen LogP contribution in [0.4, 0.5) is 11.4 Å². The number of hydrogen-bond donors (Lipinski definition) is 2. The molecule has 0 aromatic heterocycles. The standard InChI is InChI=1S/C17H17ClN2O3/c1-11-14(18)4-3-5-15(11)20-16(21)10-19-13-8-6-12(7-9-13)17(22)23-2/h3-9,19H,10H2,1-2H3,(H,20,21). The molecular weight excluding hydrogens is 316 g/mol. The number of esters is 1. The smallest absolute Gasteiger partial charge is 0.337 e.